The summed E-state index contributed by atoms with van der Waals surface area (Å²) in [5.41, 5.74) is 1.76. The molecule has 2 saturated heterocycles. The maximum Gasteiger partial charge on any atom is 0.261 e. The van der Waals surface area contributed by atoms with Gasteiger partial charge in [-0.15, -0.1) is 0 Å². The van der Waals surface area contributed by atoms with E-state index < -0.39 is 5.60 Å². The Morgan fingerprint density at radius 3 is 2.41 bits per heavy atom. The second-order valence-electron chi connectivity index (χ2n) is 15.7. The van der Waals surface area contributed by atoms with Gasteiger partial charge in [0.25, 0.3) is 11.5 Å². The van der Waals surface area contributed by atoms with E-state index in [0.29, 0.717) is 97.4 Å². The van der Waals surface area contributed by atoms with Crippen LogP contribution in [0.4, 0.5) is 5.69 Å². The summed E-state index contributed by atoms with van der Waals surface area (Å²) in [6.07, 6.45) is 5.79. The first-order valence-corrected chi connectivity index (χ1v) is 20.5. The molecule has 58 heavy (non-hydrogen) atoms. The SMILES string of the molecule is CN1CCN(CCC(=O)Nc2ccc3c(=O)n(CC4(O)CCN(C(=O)C(CCCNC(=O)c5ccc6c(Cl)ccnc6c5)Cc5ccccc5)CC4)cnc3c2)CC1. The number of hydrogen-bond acceptors (Lipinski definition) is 9. The maximum absolute atomic E-state index is 14.0. The molecule has 0 spiro atoms. The van der Waals surface area contributed by atoms with E-state index in [1.807, 2.05) is 35.2 Å². The number of hydrogen-bond donors (Lipinski definition) is 3. The largest absolute Gasteiger partial charge is 0.388 e. The molecule has 14 heteroatoms. The zero-order valence-corrected chi connectivity index (χ0v) is 33.7. The van der Waals surface area contributed by atoms with Crippen LogP contribution >= 0.6 is 11.6 Å². The number of halogens is 1. The van der Waals surface area contributed by atoms with Crippen LogP contribution in [0.2, 0.25) is 5.02 Å². The van der Waals surface area contributed by atoms with Crippen molar-refractivity contribution in [1.29, 1.82) is 0 Å². The van der Waals surface area contributed by atoms with E-state index in [4.69, 9.17) is 11.6 Å². The number of rotatable bonds is 14. The van der Waals surface area contributed by atoms with Crippen LogP contribution < -0.4 is 16.2 Å². The van der Waals surface area contributed by atoms with Crippen LogP contribution in [0.5, 0.6) is 0 Å². The quantitative estimate of drug-likeness (QED) is 0.137. The van der Waals surface area contributed by atoms with Gasteiger partial charge in [-0.1, -0.05) is 48.0 Å². The number of nitrogens with zero attached hydrogens (tertiary/aromatic N) is 6. The van der Waals surface area contributed by atoms with Crippen molar-refractivity contribution in [3.8, 4) is 0 Å². The Hall–Kier alpha value is -5.21. The molecule has 0 radical (unpaired) electrons. The number of fused-ring (bicyclic) bond motifs is 2. The minimum Gasteiger partial charge on any atom is -0.388 e. The molecule has 4 heterocycles. The third-order valence-corrected chi connectivity index (χ3v) is 11.8. The van der Waals surface area contributed by atoms with E-state index in [1.54, 1.807) is 48.7 Å². The summed E-state index contributed by atoms with van der Waals surface area (Å²) >= 11 is 6.26. The molecule has 304 valence electrons. The predicted octanol–water partition coefficient (Wildman–Crippen LogP) is 4.60. The zero-order chi connectivity index (χ0) is 40.6. The number of anilines is 1. The van der Waals surface area contributed by atoms with Gasteiger partial charge in [-0.2, -0.15) is 0 Å². The normalized spacial score (nSPS) is 16.6. The van der Waals surface area contributed by atoms with Gasteiger partial charge in [0.1, 0.15) is 0 Å². The summed E-state index contributed by atoms with van der Waals surface area (Å²) in [4.78, 5) is 68.4. The number of carbonyl (C=O) groups excluding carboxylic acids is 3. The van der Waals surface area contributed by atoms with Gasteiger partial charge in [-0.05, 0) is 81.1 Å². The Bertz CT molecular complexity index is 2300. The van der Waals surface area contributed by atoms with Crippen LogP contribution in [0, 0.1) is 5.92 Å². The Labute approximate surface area is 343 Å². The van der Waals surface area contributed by atoms with Gasteiger partial charge in [0.05, 0.1) is 39.9 Å². The molecular weight excluding hydrogens is 756 g/mol. The summed E-state index contributed by atoms with van der Waals surface area (Å²) in [5.74, 6) is -0.597. The summed E-state index contributed by atoms with van der Waals surface area (Å²) < 4.78 is 1.43. The minimum absolute atomic E-state index is 0.0153. The number of pyridine rings is 1. The molecule has 7 rings (SSSR count). The van der Waals surface area contributed by atoms with Crippen LogP contribution in [0.15, 0.2) is 90.1 Å². The Kier molecular flexibility index (Phi) is 13.1. The van der Waals surface area contributed by atoms with Gasteiger partial charge in [-0.3, -0.25) is 28.7 Å². The highest BCUT2D eigenvalue weighted by Gasteiger charge is 2.36. The Morgan fingerprint density at radius 1 is 0.897 bits per heavy atom. The van der Waals surface area contributed by atoms with E-state index in [0.717, 1.165) is 37.1 Å². The van der Waals surface area contributed by atoms with Crippen molar-refractivity contribution in [3.63, 3.8) is 0 Å². The van der Waals surface area contributed by atoms with E-state index >= 15 is 0 Å². The third-order valence-electron chi connectivity index (χ3n) is 11.5. The molecule has 1 atom stereocenters. The van der Waals surface area contributed by atoms with Crippen LogP contribution in [-0.4, -0.2) is 117 Å². The smallest absolute Gasteiger partial charge is 0.261 e. The lowest BCUT2D eigenvalue weighted by Gasteiger charge is -2.39. The molecule has 3 N–H and O–H groups in total. The van der Waals surface area contributed by atoms with Crippen molar-refractivity contribution in [1.82, 2.24) is 34.6 Å². The van der Waals surface area contributed by atoms with E-state index in [2.05, 4.69) is 37.4 Å². The number of carbonyl (C=O) groups is 3. The molecule has 2 aromatic heterocycles. The predicted molar refractivity (Wildman–Crippen MR) is 226 cm³/mol. The van der Waals surface area contributed by atoms with Crippen LogP contribution in [0.1, 0.15) is 48.0 Å². The minimum atomic E-state index is -1.20. The zero-order valence-electron chi connectivity index (χ0n) is 32.9. The van der Waals surface area contributed by atoms with Crippen LogP contribution in [0.25, 0.3) is 21.8 Å². The first-order chi connectivity index (χ1) is 28.0. The first-order valence-electron chi connectivity index (χ1n) is 20.1. The fraction of sp³-hybridized carbons (Fsp3) is 0.409. The average molecular weight is 807 g/mol. The summed E-state index contributed by atoms with van der Waals surface area (Å²) in [6.45, 7) is 5.75. The molecule has 2 aliphatic rings. The highest BCUT2D eigenvalue weighted by atomic mass is 35.5. The van der Waals surface area contributed by atoms with E-state index in [-0.39, 0.29) is 35.7 Å². The molecule has 0 saturated carbocycles. The van der Waals surface area contributed by atoms with Crippen LogP contribution in [0.3, 0.4) is 0 Å². The number of likely N-dealkylation sites (N-methyl/N-ethyl adjacent to an activating group) is 1. The van der Waals surface area contributed by atoms with Crippen molar-refractivity contribution in [3.05, 3.63) is 112 Å². The van der Waals surface area contributed by atoms with Crippen molar-refractivity contribution < 1.29 is 19.5 Å². The number of aliphatic hydroxyl groups is 1. The fourth-order valence-corrected chi connectivity index (χ4v) is 8.11. The molecular formula is C44H51ClN8O5. The lowest BCUT2D eigenvalue weighted by Crippen LogP contribution is -2.51. The molecule has 2 aliphatic heterocycles. The second-order valence-corrected chi connectivity index (χ2v) is 16.1. The van der Waals surface area contributed by atoms with Gasteiger partial charge < -0.3 is 30.4 Å². The molecule has 5 aromatic rings. The third kappa shape index (κ3) is 10.3. The first kappa shape index (κ1) is 41.0. The number of likely N-dealkylation sites (tertiary alicyclic amines) is 1. The Balaban J connectivity index is 0.921. The average Bonchev–Trinajstić information content (AvgIpc) is 3.23. The van der Waals surface area contributed by atoms with E-state index in [1.165, 1.54) is 10.9 Å². The van der Waals surface area contributed by atoms with Gasteiger partial charge in [0.2, 0.25) is 11.8 Å². The van der Waals surface area contributed by atoms with Gasteiger partial charge in [0.15, 0.2) is 0 Å². The molecule has 1 unspecified atom stereocenters. The number of benzene rings is 3. The van der Waals surface area contributed by atoms with E-state index in [9.17, 15) is 24.3 Å². The molecule has 13 nitrogen and oxygen atoms in total. The molecule has 2 fully saturated rings. The standard InChI is InChI=1S/C44H51ClN8O5/c1-50-22-24-51(25-23-50)19-14-40(54)49-34-10-12-36-39(28-34)48-30-53(43(36)57)29-44(58)15-20-52(21-16-44)42(56)33(26-31-6-3-2-4-7-31)8-5-17-47-41(55)32-9-11-35-37(45)13-18-46-38(35)27-32/h2-4,6-7,9-13,18,27-28,30,33,58H,5,8,14-17,19-26,29H2,1H3,(H,47,55)(H,49,54). The monoisotopic (exact) mass is 806 g/mol. The maximum atomic E-state index is 14.0. The van der Waals surface area contributed by atoms with Crippen molar-refractivity contribution in [2.45, 2.75) is 50.7 Å². The van der Waals surface area contributed by atoms with Gasteiger partial charge in [0, 0.05) is 87.5 Å². The Morgan fingerprint density at radius 2 is 1.64 bits per heavy atom. The number of aromatic nitrogens is 3. The molecule has 0 bridgehead atoms. The second kappa shape index (κ2) is 18.6. The summed E-state index contributed by atoms with van der Waals surface area (Å²) in [7, 11) is 2.10. The highest BCUT2D eigenvalue weighted by molar-refractivity contribution is 6.35. The lowest BCUT2D eigenvalue weighted by atomic mass is 9.88. The molecule has 3 aromatic carbocycles. The summed E-state index contributed by atoms with van der Waals surface area (Å²) in [6, 6.07) is 21.9. The fourth-order valence-electron chi connectivity index (χ4n) is 7.90. The van der Waals surface area contributed by atoms with Crippen LogP contribution in [-0.2, 0) is 22.6 Å². The number of piperidine rings is 1. The molecule has 3 amide bonds. The summed E-state index contributed by atoms with van der Waals surface area (Å²) in [5, 5.41) is 19.3. The number of nitrogens with one attached hydrogen (secondary N) is 2. The van der Waals surface area contributed by atoms with Crippen molar-refractivity contribution >= 4 is 56.8 Å². The number of amides is 3. The van der Waals surface area contributed by atoms with Gasteiger partial charge >= 0.3 is 0 Å². The van der Waals surface area contributed by atoms with Crippen molar-refractivity contribution in [2.75, 3.05) is 64.7 Å². The van der Waals surface area contributed by atoms with Crippen molar-refractivity contribution in [2.24, 2.45) is 5.92 Å². The lowest BCUT2D eigenvalue weighted by molar-refractivity contribution is -0.140. The number of piperazine rings is 1. The highest BCUT2D eigenvalue weighted by Crippen LogP contribution is 2.27. The molecule has 0 aliphatic carbocycles. The topological polar surface area (TPSA) is 153 Å². The van der Waals surface area contributed by atoms with Gasteiger partial charge in [-0.25, -0.2) is 4.98 Å².